The average molecular weight is 365 g/mol. The fraction of sp³-hybridized carbons (Fsp3) is 0.474. The third kappa shape index (κ3) is 5.31. The number of carbonyl (C=O) groups excluding carboxylic acids is 1. The van der Waals surface area contributed by atoms with E-state index < -0.39 is 6.04 Å². The van der Waals surface area contributed by atoms with Gasteiger partial charge in [-0.25, -0.2) is 0 Å². The molecule has 0 unspecified atom stereocenters. The van der Waals surface area contributed by atoms with Gasteiger partial charge in [-0.3, -0.25) is 9.48 Å². The van der Waals surface area contributed by atoms with Crippen molar-refractivity contribution in [3.63, 3.8) is 0 Å². The first-order chi connectivity index (χ1) is 11.2. The Balaban J connectivity index is 0.00000312. The van der Waals surface area contributed by atoms with Gasteiger partial charge >= 0.3 is 0 Å². The highest BCUT2D eigenvalue weighted by Gasteiger charge is 2.27. The molecule has 1 atom stereocenters. The first-order valence-electron chi connectivity index (χ1n) is 8.30. The van der Waals surface area contributed by atoms with Crippen LogP contribution in [-0.4, -0.2) is 21.7 Å². The maximum atomic E-state index is 12.2. The smallest absolute Gasteiger partial charge is 0.237 e. The van der Waals surface area contributed by atoms with Crippen LogP contribution >= 0.6 is 12.4 Å². The quantitative estimate of drug-likeness (QED) is 0.856. The zero-order valence-electron chi connectivity index (χ0n) is 15.7. The molecule has 0 radical (unpaired) electrons. The van der Waals surface area contributed by atoms with E-state index in [1.807, 2.05) is 57.5 Å². The van der Waals surface area contributed by atoms with E-state index in [1.165, 1.54) is 5.56 Å². The maximum Gasteiger partial charge on any atom is 0.237 e. The molecule has 1 aromatic heterocycles. The molecule has 5 nitrogen and oxygen atoms in total. The molecule has 1 aromatic carbocycles. The molecule has 25 heavy (non-hydrogen) atoms. The summed E-state index contributed by atoms with van der Waals surface area (Å²) in [6.45, 7) is 11.1. The van der Waals surface area contributed by atoms with Gasteiger partial charge in [0.2, 0.25) is 5.91 Å². The number of nitrogens with two attached hydrogens (primary N) is 1. The van der Waals surface area contributed by atoms with Gasteiger partial charge in [-0.15, -0.1) is 12.4 Å². The van der Waals surface area contributed by atoms with Crippen molar-refractivity contribution < 1.29 is 4.79 Å². The zero-order chi connectivity index (χ0) is 17.9. The number of amides is 1. The number of carbonyl (C=O) groups is 1. The number of hydrogen-bond donors (Lipinski definition) is 2. The molecular formula is C19H29ClN4O. The highest BCUT2D eigenvalue weighted by molar-refractivity contribution is 5.85. The highest BCUT2D eigenvalue weighted by Crippen LogP contribution is 2.18. The molecule has 3 N–H and O–H groups in total. The number of nitrogens with one attached hydrogen (secondary N) is 1. The molecule has 0 aliphatic carbocycles. The van der Waals surface area contributed by atoms with E-state index in [0.717, 1.165) is 23.5 Å². The lowest BCUT2D eigenvalue weighted by Gasteiger charge is -2.25. The van der Waals surface area contributed by atoms with Gasteiger partial charge in [0.1, 0.15) is 0 Å². The van der Waals surface area contributed by atoms with E-state index >= 15 is 0 Å². The number of aromatic nitrogens is 2. The lowest BCUT2D eigenvalue weighted by Crippen LogP contribution is -2.48. The Labute approximate surface area is 156 Å². The third-order valence-corrected chi connectivity index (χ3v) is 4.36. The topological polar surface area (TPSA) is 72.9 Å². The monoisotopic (exact) mass is 364 g/mol. The zero-order valence-corrected chi connectivity index (χ0v) is 16.5. The summed E-state index contributed by atoms with van der Waals surface area (Å²) >= 11 is 0. The predicted octanol–water partition coefficient (Wildman–Crippen LogP) is 2.96. The number of benzene rings is 1. The maximum absolute atomic E-state index is 12.2. The highest BCUT2D eigenvalue weighted by atomic mass is 35.5. The van der Waals surface area contributed by atoms with Gasteiger partial charge in [0, 0.05) is 17.8 Å². The van der Waals surface area contributed by atoms with E-state index in [4.69, 9.17) is 5.73 Å². The number of rotatable bonds is 5. The molecule has 0 saturated heterocycles. The molecule has 6 heteroatoms. The molecule has 0 aliphatic rings. The number of halogens is 1. The van der Waals surface area contributed by atoms with Gasteiger partial charge < -0.3 is 11.1 Å². The van der Waals surface area contributed by atoms with Crippen LogP contribution in [-0.2, 0) is 17.9 Å². The molecule has 2 aromatic rings. The molecule has 0 spiro atoms. The fourth-order valence-electron chi connectivity index (χ4n) is 2.58. The normalized spacial score (nSPS) is 12.4. The van der Waals surface area contributed by atoms with Crippen LogP contribution in [0.4, 0.5) is 0 Å². The van der Waals surface area contributed by atoms with Crippen LogP contribution in [0.25, 0.3) is 0 Å². The predicted molar refractivity (Wildman–Crippen MR) is 104 cm³/mol. The molecule has 0 fully saturated rings. The minimum absolute atomic E-state index is 0. The van der Waals surface area contributed by atoms with E-state index in [-0.39, 0.29) is 23.7 Å². The van der Waals surface area contributed by atoms with Gasteiger partial charge in [-0.1, -0.05) is 51.1 Å². The minimum Gasteiger partial charge on any atom is -0.351 e. The fourth-order valence-corrected chi connectivity index (χ4v) is 2.58. The van der Waals surface area contributed by atoms with Crippen molar-refractivity contribution in [3.05, 3.63) is 52.8 Å². The van der Waals surface area contributed by atoms with Crippen LogP contribution in [0.5, 0.6) is 0 Å². The van der Waals surface area contributed by atoms with Gasteiger partial charge in [0.05, 0.1) is 18.3 Å². The Bertz CT molecular complexity index is 704. The molecule has 1 heterocycles. The summed E-state index contributed by atoms with van der Waals surface area (Å²) in [7, 11) is 0. The van der Waals surface area contributed by atoms with Crippen LogP contribution in [0, 0.1) is 19.3 Å². The second-order valence-corrected chi connectivity index (χ2v) is 7.35. The summed E-state index contributed by atoms with van der Waals surface area (Å²) in [5.41, 5.74) is 10.0. The minimum atomic E-state index is -0.530. The van der Waals surface area contributed by atoms with E-state index in [9.17, 15) is 4.79 Å². The largest absolute Gasteiger partial charge is 0.351 e. The number of nitrogens with zero attached hydrogens (tertiary/aromatic N) is 2. The van der Waals surface area contributed by atoms with E-state index in [2.05, 4.69) is 22.5 Å². The molecule has 0 bridgehead atoms. The average Bonchev–Trinajstić information content (AvgIpc) is 2.78. The SMILES string of the molecule is Cc1nn(Cc2ccccc2)c(C)c1CNC(=O)[C@@H](N)C(C)(C)C.Cl. The second-order valence-electron chi connectivity index (χ2n) is 7.35. The van der Waals surface area contributed by atoms with Crippen LogP contribution in [0.15, 0.2) is 30.3 Å². The molecule has 0 saturated carbocycles. The Hall–Kier alpha value is -1.85. The number of hydrogen-bond acceptors (Lipinski definition) is 3. The lowest BCUT2D eigenvalue weighted by atomic mass is 9.87. The van der Waals surface area contributed by atoms with Gasteiger partial charge in [0.15, 0.2) is 0 Å². The van der Waals surface area contributed by atoms with Crippen LogP contribution in [0.3, 0.4) is 0 Å². The molecule has 138 valence electrons. The van der Waals surface area contributed by atoms with E-state index in [0.29, 0.717) is 6.54 Å². The second kappa shape index (κ2) is 8.50. The number of aryl methyl sites for hydroxylation is 1. The van der Waals surface area contributed by atoms with Crippen molar-refractivity contribution in [2.45, 2.75) is 53.8 Å². The van der Waals surface area contributed by atoms with Crippen molar-refractivity contribution in [2.24, 2.45) is 11.1 Å². The first-order valence-corrected chi connectivity index (χ1v) is 8.30. The van der Waals surface area contributed by atoms with Crippen LogP contribution in [0.2, 0.25) is 0 Å². The van der Waals surface area contributed by atoms with Crippen LogP contribution in [0.1, 0.15) is 43.3 Å². The Morgan fingerprint density at radius 1 is 1.24 bits per heavy atom. The lowest BCUT2D eigenvalue weighted by molar-refractivity contribution is -0.124. The first kappa shape index (κ1) is 21.2. The van der Waals surface area contributed by atoms with Crippen LogP contribution < -0.4 is 11.1 Å². The molecule has 2 rings (SSSR count). The van der Waals surface area contributed by atoms with Crippen molar-refractivity contribution in [1.29, 1.82) is 0 Å². The van der Waals surface area contributed by atoms with Gasteiger partial charge in [-0.05, 0) is 24.8 Å². The summed E-state index contributed by atoms with van der Waals surface area (Å²) in [6, 6.07) is 9.69. The molecular weight excluding hydrogens is 336 g/mol. The summed E-state index contributed by atoms with van der Waals surface area (Å²) in [5.74, 6) is -0.128. The van der Waals surface area contributed by atoms with Gasteiger partial charge in [0.25, 0.3) is 0 Å². The summed E-state index contributed by atoms with van der Waals surface area (Å²) in [4.78, 5) is 12.2. The van der Waals surface area contributed by atoms with Crippen molar-refractivity contribution >= 4 is 18.3 Å². The van der Waals surface area contributed by atoms with Crippen molar-refractivity contribution in [3.8, 4) is 0 Å². The standard InChI is InChI=1S/C19H28N4O.ClH/c1-13-16(11-21-18(24)17(20)19(3,4)5)14(2)23(22-13)12-15-9-7-6-8-10-15;/h6-10,17H,11-12,20H2,1-5H3,(H,21,24);1H/t17-;/m1./s1. The Kier molecular flexibility index (Phi) is 7.20. The summed E-state index contributed by atoms with van der Waals surface area (Å²) in [6.07, 6.45) is 0. The summed E-state index contributed by atoms with van der Waals surface area (Å²) < 4.78 is 1.98. The molecule has 1 amide bonds. The van der Waals surface area contributed by atoms with Crippen molar-refractivity contribution in [2.75, 3.05) is 0 Å². The van der Waals surface area contributed by atoms with E-state index in [1.54, 1.807) is 0 Å². The van der Waals surface area contributed by atoms with Gasteiger partial charge in [-0.2, -0.15) is 5.10 Å². The third-order valence-electron chi connectivity index (χ3n) is 4.36. The summed E-state index contributed by atoms with van der Waals surface area (Å²) in [5, 5.41) is 7.56. The Morgan fingerprint density at radius 3 is 2.40 bits per heavy atom. The molecule has 0 aliphatic heterocycles. The van der Waals surface area contributed by atoms with Crippen molar-refractivity contribution in [1.82, 2.24) is 15.1 Å². The Morgan fingerprint density at radius 2 is 1.84 bits per heavy atom.